The maximum Gasteiger partial charge on any atom is 1.00 e. The number of morpholine rings is 1. The molecule has 0 amide bonds. The molecule has 1 saturated heterocycles. The van der Waals surface area contributed by atoms with Crippen LogP contribution in [0.25, 0.3) is 30.6 Å². The average molecular weight is 867 g/mol. The molecule has 266 valence electrons. The summed E-state index contributed by atoms with van der Waals surface area (Å²) < 4.78 is 12.3. The van der Waals surface area contributed by atoms with Crippen LogP contribution in [0, 0.1) is 11.5 Å². The van der Waals surface area contributed by atoms with E-state index in [0.717, 1.165) is 52.6 Å². The maximum atomic E-state index is 11.0. The summed E-state index contributed by atoms with van der Waals surface area (Å²) in [5.74, 6) is 0.570. The third kappa shape index (κ3) is 12.1. The number of nitrogens with two attached hydrogens (primary N) is 1. The Bertz CT molecular complexity index is 2390. The van der Waals surface area contributed by atoms with Crippen LogP contribution >= 0.6 is 80.1 Å². The summed E-state index contributed by atoms with van der Waals surface area (Å²) in [6, 6.07) is 7.21. The van der Waals surface area contributed by atoms with Gasteiger partial charge in [-0.05, 0) is 69.0 Å². The summed E-state index contributed by atoms with van der Waals surface area (Å²) in [6.07, 6.45) is 0.500. The first-order chi connectivity index (χ1) is 24.6. The molecule has 4 N–H and O–H groups in total. The number of rotatable bonds is 2. The Morgan fingerprint density at radius 1 is 0.904 bits per heavy atom. The molecule has 7 aromatic rings. The van der Waals surface area contributed by atoms with E-state index in [1.807, 2.05) is 22.9 Å². The molecule has 0 aliphatic carbocycles. The first kappa shape index (κ1) is 43.6. The van der Waals surface area contributed by atoms with Crippen molar-refractivity contribution in [3.8, 4) is 6.26 Å². The summed E-state index contributed by atoms with van der Waals surface area (Å²) in [6.45, 7) is 3.21. The third-order valence-electron chi connectivity index (χ3n) is 6.22. The second-order valence-electron chi connectivity index (χ2n) is 9.33. The molecule has 7 aromatic heterocycles. The van der Waals surface area contributed by atoms with Crippen LogP contribution in [-0.4, -0.2) is 69.3 Å². The van der Waals surface area contributed by atoms with Gasteiger partial charge in [0.1, 0.15) is 9.58 Å². The van der Waals surface area contributed by atoms with Gasteiger partial charge < -0.3 is 30.2 Å². The van der Waals surface area contributed by atoms with Crippen LogP contribution < -0.4 is 78.4 Å². The molecule has 0 aromatic carbocycles. The molecule has 1 aliphatic heterocycles. The van der Waals surface area contributed by atoms with Gasteiger partial charge in [0.25, 0.3) is 5.56 Å². The number of nitriles is 1. The standard InChI is InChI=1S/C10H10ClN3OS.C6H2Cl2N2S.C6H4N2O2S.C6H7NO2S.CHNO.K/c11-10-12-7-1-6-16-8(7)9(13-10)14-2-4-15-5-3-14;7-5-4-3(1-2-11-4)9-6(8)10-5;9-5-4-3(1-2-11-4)7-6(10)8-5;1-9-6(8)5-4(7)2-3-10-5;2-1-3;/h1,6H,2-5H2;1-2H;1-2H,(H2,7,8,9,10);2-3H,7H2,1H3;3H;/q;;;;;+1/p-1. The second kappa shape index (κ2) is 21.8. The van der Waals surface area contributed by atoms with Crippen LogP contribution in [0.5, 0.6) is 0 Å². The number of esters is 1. The van der Waals surface area contributed by atoms with E-state index in [0.29, 0.717) is 37.5 Å². The van der Waals surface area contributed by atoms with E-state index in [2.05, 4.69) is 39.5 Å². The predicted octanol–water partition coefficient (Wildman–Crippen LogP) is 2.41. The quantitative estimate of drug-likeness (QED) is 0.0747. The number of nitrogens with one attached hydrogen (secondary N) is 2. The van der Waals surface area contributed by atoms with Crippen LogP contribution in [0.15, 0.2) is 55.4 Å². The van der Waals surface area contributed by atoms with Gasteiger partial charge in [0.15, 0.2) is 11.0 Å². The van der Waals surface area contributed by atoms with Crippen molar-refractivity contribution in [3.05, 3.63) is 87.2 Å². The van der Waals surface area contributed by atoms with E-state index >= 15 is 0 Å². The third-order valence-corrected chi connectivity index (χ3v) is 10.6. The number of ether oxygens (including phenoxy) is 2. The number of hydrogen-bond donors (Lipinski definition) is 3. The van der Waals surface area contributed by atoms with E-state index in [1.54, 1.807) is 34.2 Å². The molecular weight excluding hydrogens is 844 g/mol. The van der Waals surface area contributed by atoms with Gasteiger partial charge in [-0.25, -0.2) is 29.8 Å². The number of aromatic nitrogens is 6. The smallest absolute Gasteiger partial charge is 0.812 e. The topological polar surface area (TPSA) is 229 Å². The number of carbonyl (C=O) groups is 1. The number of nitrogens with zero attached hydrogens (tertiary/aromatic N) is 6. The molecule has 23 heteroatoms. The van der Waals surface area contributed by atoms with E-state index < -0.39 is 5.69 Å². The summed E-state index contributed by atoms with van der Waals surface area (Å²) in [4.78, 5) is 56.1. The predicted molar refractivity (Wildman–Crippen MR) is 202 cm³/mol. The van der Waals surface area contributed by atoms with Gasteiger partial charge >= 0.3 is 63.0 Å². The molecule has 52 heavy (non-hydrogen) atoms. The van der Waals surface area contributed by atoms with Crippen molar-refractivity contribution in [2.45, 2.75) is 0 Å². The van der Waals surface area contributed by atoms with Gasteiger partial charge in [0, 0.05) is 19.3 Å². The van der Waals surface area contributed by atoms with Crippen molar-refractivity contribution < 1.29 is 70.8 Å². The summed E-state index contributed by atoms with van der Waals surface area (Å²) in [5, 5.41) is 23.4. The van der Waals surface area contributed by atoms with Gasteiger partial charge in [-0.2, -0.15) is 4.98 Å². The van der Waals surface area contributed by atoms with Crippen LogP contribution in [0.3, 0.4) is 0 Å². The zero-order valence-corrected chi connectivity index (χ0v) is 35.6. The van der Waals surface area contributed by atoms with E-state index in [9.17, 15) is 14.4 Å². The number of methoxy groups -OCH3 is 1. The monoisotopic (exact) mass is 865 g/mol. The molecule has 0 saturated carbocycles. The molecule has 0 unspecified atom stereocenters. The van der Waals surface area contributed by atoms with Crippen LogP contribution in [0.1, 0.15) is 9.67 Å². The summed E-state index contributed by atoms with van der Waals surface area (Å²) in [7, 11) is 1.33. The fraction of sp³-hybridized carbons (Fsp3) is 0.172. The Hall–Kier alpha value is -2.75. The Labute approximate surface area is 367 Å². The van der Waals surface area contributed by atoms with Gasteiger partial charge in [0.2, 0.25) is 10.6 Å². The van der Waals surface area contributed by atoms with Crippen molar-refractivity contribution in [1.82, 2.24) is 29.9 Å². The number of nitrogen functional groups attached to an aromatic ring is 1. The molecule has 0 radical (unpaired) electrons. The van der Waals surface area contributed by atoms with Crippen LogP contribution in [-0.2, 0) is 9.47 Å². The molecule has 8 heterocycles. The molecule has 1 aliphatic rings. The number of anilines is 2. The minimum Gasteiger partial charge on any atom is -0.812 e. The van der Waals surface area contributed by atoms with E-state index in [-0.39, 0.29) is 68.2 Å². The Morgan fingerprint density at radius 3 is 2.08 bits per heavy atom. The first-order valence-electron chi connectivity index (χ1n) is 14.0. The fourth-order valence-electron chi connectivity index (χ4n) is 4.09. The maximum absolute atomic E-state index is 11.0. The van der Waals surface area contributed by atoms with Gasteiger partial charge in [-0.1, -0.05) is 11.6 Å². The molecule has 15 nitrogen and oxygen atoms in total. The number of aromatic amines is 2. The number of fused-ring (bicyclic) bond motifs is 3. The van der Waals surface area contributed by atoms with Gasteiger partial charge in [-0.3, -0.25) is 9.78 Å². The van der Waals surface area contributed by atoms with E-state index in [1.165, 1.54) is 41.1 Å². The normalized spacial score (nSPS) is 11.6. The first-order valence-corrected chi connectivity index (χ1v) is 18.6. The molecule has 0 atom stereocenters. The molecule has 0 spiro atoms. The van der Waals surface area contributed by atoms with Crippen molar-refractivity contribution in [2.24, 2.45) is 0 Å². The molecule has 0 bridgehead atoms. The van der Waals surface area contributed by atoms with Crippen molar-refractivity contribution in [1.29, 1.82) is 5.26 Å². The van der Waals surface area contributed by atoms with Crippen LogP contribution in [0.4, 0.5) is 11.5 Å². The largest absolute Gasteiger partial charge is 1.00 e. The number of thiophene rings is 4. The van der Waals surface area contributed by atoms with Crippen LogP contribution in [0.2, 0.25) is 15.7 Å². The molecule has 8 rings (SSSR count). The number of halogens is 3. The Balaban J connectivity index is 0.000000184. The van der Waals surface area contributed by atoms with Crippen molar-refractivity contribution in [2.75, 3.05) is 44.0 Å². The Morgan fingerprint density at radius 2 is 1.46 bits per heavy atom. The number of hydrogen-bond acceptors (Lipinski definition) is 17. The second-order valence-corrected chi connectivity index (χ2v) is 14.0. The summed E-state index contributed by atoms with van der Waals surface area (Å²) >= 11 is 23.0. The van der Waals surface area contributed by atoms with Crippen molar-refractivity contribution in [3.63, 3.8) is 0 Å². The molecule has 1 fully saturated rings. The summed E-state index contributed by atoms with van der Waals surface area (Å²) in [5.41, 5.74) is 7.46. The Kier molecular flexibility index (Phi) is 18.3. The number of carbonyl (C=O) groups excluding carboxylic acids is 1. The van der Waals surface area contributed by atoms with E-state index in [4.69, 9.17) is 55.6 Å². The zero-order valence-electron chi connectivity index (χ0n) is 26.9. The van der Waals surface area contributed by atoms with Gasteiger partial charge in [0.05, 0.1) is 52.0 Å². The van der Waals surface area contributed by atoms with Gasteiger partial charge in [-0.15, -0.1) is 45.3 Å². The average Bonchev–Trinajstić information content (AvgIpc) is 3.94. The minimum atomic E-state index is -0.457. The van der Waals surface area contributed by atoms with Crippen molar-refractivity contribution >= 4 is 128 Å². The minimum absolute atomic E-state index is 0. The zero-order chi connectivity index (χ0) is 36.9. The SMILES string of the molecule is COC(=O)c1sccc1N.Clc1nc(Cl)c2sccc2n1.Clc1nc(N2CCOCC2)c2sccc2n1.N#C[O-].O=c1[nH]c(=O)c2sccc2[nH]1.[K+]. The molecular formula is C29H23Cl3KN9O6S4. The number of H-pyrrole nitrogens is 2. The fourth-order valence-corrected chi connectivity index (χ4v) is 7.82.